The molecule has 0 atom stereocenters. The average molecular weight is 720 g/mol. The van der Waals surface area contributed by atoms with Crippen molar-refractivity contribution in [1.29, 1.82) is 0 Å². The number of ketones is 1. The van der Waals surface area contributed by atoms with Crippen molar-refractivity contribution in [2.75, 3.05) is 0 Å². The molecular formula is C41H26Cl4N2O2. The first-order valence-corrected chi connectivity index (χ1v) is 17.1. The normalized spacial score (nSPS) is 11.9. The average Bonchev–Trinajstić information content (AvgIpc) is 3.46. The van der Waals surface area contributed by atoms with Gasteiger partial charge in [0.2, 0.25) is 0 Å². The lowest BCUT2D eigenvalue weighted by Gasteiger charge is -2.22. The van der Waals surface area contributed by atoms with Gasteiger partial charge in [-0.15, -0.1) is 0 Å². The minimum absolute atomic E-state index is 0.146. The van der Waals surface area contributed by atoms with E-state index in [0.29, 0.717) is 96.2 Å². The number of para-hydroxylation sites is 2. The summed E-state index contributed by atoms with van der Waals surface area (Å²) in [6.07, 6.45) is 0. The van der Waals surface area contributed by atoms with Gasteiger partial charge < -0.3 is 0 Å². The molecule has 0 amide bonds. The van der Waals surface area contributed by atoms with Gasteiger partial charge in [0, 0.05) is 74.1 Å². The zero-order valence-electron chi connectivity index (χ0n) is 26.9. The van der Waals surface area contributed by atoms with Crippen LogP contribution < -0.4 is 5.56 Å². The number of carbonyl (C=O) groups excluding carboxylic acids is 1. The molecule has 7 aromatic carbocycles. The van der Waals surface area contributed by atoms with Crippen LogP contribution in [0.4, 0.5) is 0 Å². The summed E-state index contributed by atoms with van der Waals surface area (Å²) >= 11 is 28.3. The third kappa shape index (κ3) is 4.48. The second-order valence-electron chi connectivity index (χ2n) is 12.6. The highest BCUT2D eigenvalue weighted by molar-refractivity contribution is 6.55. The molecule has 0 spiro atoms. The number of carbonyl (C=O) groups is 1. The van der Waals surface area contributed by atoms with E-state index in [0.717, 1.165) is 11.1 Å². The summed E-state index contributed by atoms with van der Waals surface area (Å²) < 4.78 is 1.61. The number of allylic oxidation sites excluding steroid dienone is 1. The number of rotatable bonds is 2. The maximum absolute atomic E-state index is 14.1. The van der Waals surface area contributed by atoms with Gasteiger partial charge in [-0.05, 0) is 80.8 Å². The zero-order chi connectivity index (χ0) is 34.6. The van der Waals surface area contributed by atoms with Crippen molar-refractivity contribution in [2.45, 2.75) is 27.7 Å². The highest BCUT2D eigenvalue weighted by atomic mass is 35.5. The van der Waals surface area contributed by atoms with Crippen molar-refractivity contribution in [3.05, 3.63) is 132 Å². The fraction of sp³-hybridized carbons (Fsp3) is 0.0976. The van der Waals surface area contributed by atoms with E-state index in [4.69, 9.17) is 51.4 Å². The Morgan fingerprint density at radius 3 is 1.67 bits per heavy atom. The molecule has 240 valence electrons. The van der Waals surface area contributed by atoms with Crippen molar-refractivity contribution in [3.63, 3.8) is 0 Å². The molecule has 0 bridgehead atoms. The van der Waals surface area contributed by atoms with Gasteiger partial charge in [0.1, 0.15) is 5.65 Å². The Kier molecular flexibility index (Phi) is 7.33. The predicted octanol–water partition coefficient (Wildman–Crippen LogP) is 12.6. The summed E-state index contributed by atoms with van der Waals surface area (Å²) in [5, 5.41) is 7.93. The topological polar surface area (TPSA) is 51.4 Å². The van der Waals surface area contributed by atoms with Crippen LogP contribution in [0.15, 0.2) is 84.2 Å². The van der Waals surface area contributed by atoms with E-state index in [9.17, 15) is 9.59 Å². The minimum Gasteiger partial charge on any atom is -0.294 e. The smallest absolute Gasteiger partial charge is 0.264 e. The van der Waals surface area contributed by atoms with Crippen LogP contribution in [0.3, 0.4) is 0 Å². The van der Waals surface area contributed by atoms with E-state index in [1.807, 2.05) is 43.3 Å². The molecule has 9 aromatic rings. The van der Waals surface area contributed by atoms with Crippen molar-refractivity contribution in [3.8, 4) is 0 Å². The second kappa shape index (κ2) is 11.3. The fourth-order valence-electron chi connectivity index (χ4n) is 7.27. The van der Waals surface area contributed by atoms with Crippen LogP contribution in [0.5, 0.6) is 0 Å². The molecular weight excluding hydrogens is 694 g/mol. The van der Waals surface area contributed by atoms with Crippen LogP contribution in [0.1, 0.15) is 40.9 Å². The molecule has 0 fully saturated rings. The Morgan fingerprint density at radius 1 is 0.633 bits per heavy atom. The van der Waals surface area contributed by atoms with Gasteiger partial charge in [0.15, 0.2) is 5.78 Å². The molecule has 0 radical (unpaired) electrons. The highest BCUT2D eigenvalue weighted by Crippen LogP contribution is 2.53. The lowest BCUT2D eigenvalue weighted by atomic mass is 9.83. The number of fused-ring (bicyclic) bond motifs is 6. The van der Waals surface area contributed by atoms with E-state index >= 15 is 0 Å². The summed E-state index contributed by atoms with van der Waals surface area (Å²) in [6.45, 7) is 11.8. The number of Topliss-reactive ketones (excluding diaryl/α,β-unsaturated/α-hetero) is 1. The van der Waals surface area contributed by atoms with Crippen LogP contribution in [-0.4, -0.2) is 15.2 Å². The SMILES string of the molecule is C=C(C)c1cc(Cl)c2c3c(Cl)cc4c5c(cc(Cl)c(c6c(Cl)cc(C(C)=O)c1c62)c35)c(=O)n1c2ccccc2nc41.Cc1ccccc1C. The molecule has 0 aliphatic carbocycles. The molecule has 2 heterocycles. The van der Waals surface area contributed by atoms with Gasteiger partial charge >= 0.3 is 0 Å². The quantitative estimate of drug-likeness (QED) is 0.101. The third-order valence-corrected chi connectivity index (χ3v) is 10.8. The first kappa shape index (κ1) is 31.8. The first-order chi connectivity index (χ1) is 23.4. The summed E-state index contributed by atoms with van der Waals surface area (Å²) in [7, 11) is 0. The molecule has 0 N–H and O–H groups in total. The van der Waals surface area contributed by atoms with Gasteiger partial charge in [-0.3, -0.25) is 14.0 Å². The number of halogens is 4. The molecule has 0 saturated heterocycles. The molecule has 0 unspecified atom stereocenters. The van der Waals surface area contributed by atoms with Gasteiger partial charge in [-0.1, -0.05) is 95.0 Å². The van der Waals surface area contributed by atoms with Gasteiger partial charge in [-0.2, -0.15) is 0 Å². The summed E-state index contributed by atoms with van der Waals surface area (Å²) in [5.41, 5.74) is 6.33. The molecule has 4 nitrogen and oxygen atoms in total. The van der Waals surface area contributed by atoms with E-state index in [2.05, 4.69) is 44.7 Å². The maximum atomic E-state index is 14.1. The molecule has 49 heavy (non-hydrogen) atoms. The monoisotopic (exact) mass is 718 g/mol. The van der Waals surface area contributed by atoms with Crippen molar-refractivity contribution in [2.24, 2.45) is 0 Å². The Balaban J connectivity index is 0.000000385. The number of hydrogen-bond acceptors (Lipinski definition) is 3. The second-order valence-corrected chi connectivity index (χ2v) is 14.2. The number of benzene rings is 7. The van der Waals surface area contributed by atoms with Crippen LogP contribution in [-0.2, 0) is 0 Å². The summed E-state index contributed by atoms with van der Waals surface area (Å²) in [4.78, 5) is 31.8. The zero-order valence-corrected chi connectivity index (χ0v) is 29.9. The van der Waals surface area contributed by atoms with Crippen LogP contribution in [0, 0.1) is 13.8 Å². The molecule has 0 aliphatic heterocycles. The maximum Gasteiger partial charge on any atom is 0.264 e. The Morgan fingerprint density at radius 2 is 1.12 bits per heavy atom. The number of nitrogens with zero attached hydrogens (tertiary/aromatic N) is 2. The summed E-state index contributed by atoms with van der Waals surface area (Å²) in [5.74, 6) is -0.146. The van der Waals surface area contributed by atoms with E-state index in [1.54, 1.807) is 16.5 Å². The molecule has 8 heteroatoms. The van der Waals surface area contributed by atoms with Crippen LogP contribution >= 0.6 is 46.4 Å². The molecule has 0 saturated carbocycles. The number of pyridine rings is 1. The molecule has 9 rings (SSSR count). The first-order valence-electron chi connectivity index (χ1n) is 15.6. The highest BCUT2D eigenvalue weighted by Gasteiger charge is 2.28. The Labute approximate surface area is 300 Å². The predicted molar refractivity (Wildman–Crippen MR) is 210 cm³/mol. The van der Waals surface area contributed by atoms with Crippen LogP contribution in [0.2, 0.25) is 20.1 Å². The summed E-state index contributed by atoms with van der Waals surface area (Å²) in [6, 6.07) is 22.9. The van der Waals surface area contributed by atoms with Crippen molar-refractivity contribution in [1.82, 2.24) is 9.38 Å². The van der Waals surface area contributed by atoms with E-state index in [-0.39, 0.29) is 11.3 Å². The standard InChI is InChI=1S/C33H16Cl4N2O2.C8H10/c1-12(2)14-8-18(34)26-28-20(36)10-16-25-17(33(41)39-23-7-5-4-6-22(23)38-32(16)39)11-21(37)29(31(25)28)27-19(35)9-15(13(3)40)24(14)30(26)27;1-7-5-3-4-6-8(7)2/h4-11H,1H2,2-3H3;3-6H,1-2H3. The number of aryl methyl sites for hydroxylation is 2. The number of hydrogen-bond donors (Lipinski definition) is 0. The van der Waals surface area contributed by atoms with Crippen LogP contribution in [0.25, 0.3) is 76.1 Å². The lowest BCUT2D eigenvalue weighted by molar-refractivity contribution is 0.101. The van der Waals surface area contributed by atoms with Crippen molar-refractivity contribution >= 4 is 128 Å². The lowest BCUT2D eigenvalue weighted by Crippen LogP contribution is -2.13. The molecule has 0 aliphatic rings. The van der Waals surface area contributed by atoms with Gasteiger partial charge in [0.05, 0.1) is 16.4 Å². The van der Waals surface area contributed by atoms with Crippen molar-refractivity contribution < 1.29 is 4.79 Å². The largest absolute Gasteiger partial charge is 0.294 e. The van der Waals surface area contributed by atoms with Gasteiger partial charge in [0.25, 0.3) is 5.56 Å². The fourth-order valence-corrected chi connectivity index (χ4v) is 8.47. The van der Waals surface area contributed by atoms with E-state index in [1.165, 1.54) is 18.1 Å². The Hall–Kier alpha value is -4.45. The van der Waals surface area contributed by atoms with Gasteiger partial charge in [-0.25, -0.2) is 4.98 Å². The Bertz CT molecular complexity index is 2890. The third-order valence-electron chi connectivity index (χ3n) is 9.62. The molecule has 2 aromatic heterocycles. The van der Waals surface area contributed by atoms with E-state index < -0.39 is 0 Å². The number of imidazole rings is 1. The minimum atomic E-state index is -0.236. The number of aromatic nitrogens is 2.